The molecule has 0 aliphatic heterocycles. The van der Waals surface area contributed by atoms with E-state index >= 15 is 0 Å². The number of esters is 1. The largest absolute Gasteiger partial charge is 0.487 e. The summed E-state index contributed by atoms with van der Waals surface area (Å²) in [6.07, 6.45) is 0.858. The molecule has 8 heteroatoms. The Labute approximate surface area is 194 Å². The fourth-order valence-corrected chi connectivity index (χ4v) is 3.52. The number of fused-ring (bicyclic) bond motifs is 1. The van der Waals surface area contributed by atoms with Crippen molar-refractivity contribution >= 4 is 51.2 Å². The van der Waals surface area contributed by atoms with Gasteiger partial charge < -0.3 is 14.2 Å². The standard InChI is InChI=1S/C23H23IN2O5/c1-23(2,3)31-22(28)26-17-11-18(30-13-14-8-6-5-7-9-14)20-16(19(17)24)10-15(12-25-20)21(27)29-4/h5-12H,13H2,1-4H3,(H,26,28). The van der Waals surface area contributed by atoms with E-state index in [4.69, 9.17) is 14.2 Å². The van der Waals surface area contributed by atoms with Crippen molar-refractivity contribution in [3.63, 3.8) is 0 Å². The summed E-state index contributed by atoms with van der Waals surface area (Å²) in [7, 11) is 1.31. The van der Waals surface area contributed by atoms with Gasteiger partial charge in [-0.1, -0.05) is 30.3 Å². The molecule has 1 amide bonds. The molecule has 1 N–H and O–H groups in total. The number of benzene rings is 2. The van der Waals surface area contributed by atoms with Gasteiger partial charge in [0.1, 0.15) is 23.5 Å². The van der Waals surface area contributed by atoms with Gasteiger partial charge in [-0.25, -0.2) is 9.59 Å². The normalized spacial score (nSPS) is 11.1. The van der Waals surface area contributed by atoms with Crippen LogP contribution in [0.15, 0.2) is 48.7 Å². The maximum absolute atomic E-state index is 12.4. The second-order valence-corrected chi connectivity index (χ2v) is 8.83. The van der Waals surface area contributed by atoms with Crippen LogP contribution in [-0.2, 0) is 16.1 Å². The van der Waals surface area contributed by atoms with Gasteiger partial charge >= 0.3 is 12.1 Å². The summed E-state index contributed by atoms with van der Waals surface area (Å²) in [5.74, 6) is -0.0239. The minimum atomic E-state index is -0.640. The van der Waals surface area contributed by atoms with Crippen LogP contribution in [0.25, 0.3) is 10.9 Å². The first-order valence-electron chi connectivity index (χ1n) is 9.55. The highest BCUT2D eigenvalue weighted by Gasteiger charge is 2.20. The van der Waals surface area contributed by atoms with E-state index in [1.54, 1.807) is 32.9 Å². The number of ether oxygens (including phenoxy) is 3. The summed E-state index contributed by atoms with van der Waals surface area (Å²) in [6.45, 7) is 5.69. The van der Waals surface area contributed by atoms with Gasteiger partial charge in [0.25, 0.3) is 0 Å². The van der Waals surface area contributed by atoms with Crippen molar-refractivity contribution in [1.82, 2.24) is 4.98 Å². The molecule has 3 aromatic rings. The summed E-state index contributed by atoms with van der Waals surface area (Å²) in [4.78, 5) is 28.8. The van der Waals surface area contributed by atoms with Crippen LogP contribution in [-0.4, -0.2) is 29.8 Å². The molecule has 3 rings (SSSR count). The number of pyridine rings is 1. The molecule has 0 aliphatic carbocycles. The molecule has 0 spiro atoms. The van der Waals surface area contributed by atoms with E-state index in [2.05, 4.69) is 32.9 Å². The monoisotopic (exact) mass is 534 g/mol. The second-order valence-electron chi connectivity index (χ2n) is 7.75. The molecule has 31 heavy (non-hydrogen) atoms. The first kappa shape index (κ1) is 22.8. The highest BCUT2D eigenvalue weighted by Crippen LogP contribution is 2.35. The van der Waals surface area contributed by atoms with Gasteiger partial charge in [0.15, 0.2) is 0 Å². The summed E-state index contributed by atoms with van der Waals surface area (Å²) in [5, 5.41) is 3.42. The van der Waals surface area contributed by atoms with Crippen molar-refractivity contribution in [3.05, 3.63) is 63.4 Å². The Morgan fingerprint density at radius 1 is 1.13 bits per heavy atom. The van der Waals surface area contributed by atoms with Crippen molar-refractivity contribution in [2.24, 2.45) is 0 Å². The molecule has 0 fully saturated rings. The number of carbonyl (C=O) groups is 2. The Hall–Kier alpha value is -2.88. The SMILES string of the molecule is COC(=O)c1cnc2c(OCc3ccccc3)cc(NC(=O)OC(C)(C)C)c(I)c2c1. The van der Waals surface area contributed by atoms with E-state index in [1.165, 1.54) is 13.3 Å². The van der Waals surface area contributed by atoms with Crippen molar-refractivity contribution in [1.29, 1.82) is 0 Å². The zero-order chi connectivity index (χ0) is 22.6. The Morgan fingerprint density at radius 3 is 2.48 bits per heavy atom. The Morgan fingerprint density at radius 2 is 1.84 bits per heavy atom. The number of aromatic nitrogens is 1. The minimum absolute atomic E-state index is 0.302. The highest BCUT2D eigenvalue weighted by atomic mass is 127. The van der Waals surface area contributed by atoms with Gasteiger partial charge in [-0.3, -0.25) is 10.3 Å². The van der Waals surface area contributed by atoms with E-state index in [0.717, 1.165) is 5.56 Å². The molecule has 7 nitrogen and oxygen atoms in total. The number of amides is 1. The maximum atomic E-state index is 12.4. The smallest absolute Gasteiger partial charge is 0.412 e. The third-order valence-electron chi connectivity index (χ3n) is 4.16. The number of nitrogens with zero attached hydrogens (tertiary/aromatic N) is 1. The third-order valence-corrected chi connectivity index (χ3v) is 5.33. The van der Waals surface area contributed by atoms with Gasteiger partial charge in [-0.15, -0.1) is 0 Å². The number of rotatable bonds is 5. The van der Waals surface area contributed by atoms with Gasteiger partial charge in [0.05, 0.1) is 18.4 Å². The molecule has 1 aromatic heterocycles. The Bertz CT molecular complexity index is 1110. The molecule has 0 unspecified atom stereocenters. The molecule has 0 aliphatic rings. The molecule has 0 saturated carbocycles. The number of hydrogen-bond donors (Lipinski definition) is 1. The lowest BCUT2D eigenvalue weighted by atomic mass is 10.1. The molecule has 0 bridgehead atoms. The van der Waals surface area contributed by atoms with Gasteiger partial charge in [0, 0.05) is 21.2 Å². The molecule has 2 aromatic carbocycles. The number of halogens is 1. The van der Waals surface area contributed by atoms with Crippen molar-refractivity contribution in [2.45, 2.75) is 33.0 Å². The summed E-state index contributed by atoms with van der Waals surface area (Å²) in [5.41, 5.74) is 1.72. The van der Waals surface area contributed by atoms with E-state index in [1.807, 2.05) is 30.3 Å². The maximum Gasteiger partial charge on any atom is 0.412 e. The Kier molecular flexibility index (Phi) is 6.99. The van der Waals surface area contributed by atoms with Crippen molar-refractivity contribution < 1.29 is 23.8 Å². The molecule has 0 saturated heterocycles. The number of hydrogen-bond acceptors (Lipinski definition) is 6. The van der Waals surface area contributed by atoms with Crippen LogP contribution in [0.5, 0.6) is 5.75 Å². The van der Waals surface area contributed by atoms with E-state index < -0.39 is 17.7 Å². The summed E-state index contributed by atoms with van der Waals surface area (Å²) < 4.78 is 16.9. The van der Waals surface area contributed by atoms with Gasteiger partial charge in [0.2, 0.25) is 0 Å². The van der Waals surface area contributed by atoms with Crippen LogP contribution in [0.3, 0.4) is 0 Å². The molecule has 0 radical (unpaired) electrons. The molecular weight excluding hydrogens is 511 g/mol. The molecular formula is C23H23IN2O5. The average Bonchev–Trinajstić information content (AvgIpc) is 2.73. The molecule has 162 valence electrons. The summed E-state index contributed by atoms with van der Waals surface area (Å²) in [6, 6.07) is 13.1. The first-order valence-corrected chi connectivity index (χ1v) is 10.6. The van der Waals surface area contributed by atoms with Crippen molar-refractivity contribution in [2.75, 3.05) is 12.4 Å². The number of anilines is 1. The van der Waals surface area contributed by atoms with Crippen LogP contribution < -0.4 is 10.1 Å². The topological polar surface area (TPSA) is 86.8 Å². The highest BCUT2D eigenvalue weighted by molar-refractivity contribution is 14.1. The predicted octanol–water partition coefficient (Wildman–Crippen LogP) is 5.55. The number of carbonyl (C=O) groups excluding carboxylic acids is 2. The van der Waals surface area contributed by atoms with Crippen LogP contribution in [0.1, 0.15) is 36.7 Å². The molecule has 1 heterocycles. The quantitative estimate of drug-likeness (QED) is 0.341. The Balaban J connectivity index is 2.03. The zero-order valence-corrected chi connectivity index (χ0v) is 19.8. The fourth-order valence-electron chi connectivity index (χ4n) is 2.82. The predicted molar refractivity (Wildman–Crippen MR) is 126 cm³/mol. The minimum Gasteiger partial charge on any atom is -0.487 e. The fraction of sp³-hybridized carbons (Fsp3) is 0.261. The van der Waals surface area contributed by atoms with Gasteiger partial charge in [-0.05, 0) is 55.0 Å². The lowest BCUT2D eigenvalue weighted by Crippen LogP contribution is -2.27. The van der Waals surface area contributed by atoms with Crippen LogP contribution >= 0.6 is 22.6 Å². The lowest BCUT2D eigenvalue weighted by molar-refractivity contribution is 0.0597. The van der Waals surface area contributed by atoms with Crippen LogP contribution in [0, 0.1) is 3.57 Å². The van der Waals surface area contributed by atoms with E-state index in [-0.39, 0.29) is 0 Å². The summed E-state index contributed by atoms with van der Waals surface area (Å²) >= 11 is 2.10. The van der Waals surface area contributed by atoms with Crippen molar-refractivity contribution in [3.8, 4) is 5.75 Å². The lowest BCUT2D eigenvalue weighted by Gasteiger charge is -2.21. The number of nitrogens with one attached hydrogen (secondary N) is 1. The van der Waals surface area contributed by atoms with E-state index in [0.29, 0.717) is 38.1 Å². The second kappa shape index (κ2) is 9.51. The first-order chi connectivity index (χ1) is 14.7. The van der Waals surface area contributed by atoms with Gasteiger partial charge in [-0.2, -0.15) is 0 Å². The zero-order valence-electron chi connectivity index (χ0n) is 17.7. The number of methoxy groups -OCH3 is 1. The molecule has 0 atom stereocenters. The third kappa shape index (κ3) is 5.84. The van der Waals surface area contributed by atoms with Crippen LogP contribution in [0.4, 0.5) is 10.5 Å². The average molecular weight is 534 g/mol. The van der Waals surface area contributed by atoms with E-state index in [9.17, 15) is 9.59 Å². The van der Waals surface area contributed by atoms with Crippen LogP contribution in [0.2, 0.25) is 0 Å².